The van der Waals surface area contributed by atoms with Gasteiger partial charge in [0.2, 0.25) is 0 Å². The van der Waals surface area contributed by atoms with Crippen LogP contribution in [0.5, 0.6) is 0 Å². The largest absolute Gasteiger partial charge is 0.549 e. The van der Waals surface area contributed by atoms with Crippen molar-refractivity contribution in [2.75, 3.05) is 18.8 Å². The smallest absolute Gasteiger partial charge is 0.164 e. The molecule has 1 aromatic rings. The maximum absolute atomic E-state index is 10.6. The Hall–Kier alpha value is -1.49. The zero-order chi connectivity index (χ0) is 13.5. The fraction of sp³-hybridized carbons (Fsp3) is 0.429. The number of amidine groups is 1. The number of carboxylic acids is 1. The average molecular weight is 277 g/mol. The van der Waals surface area contributed by atoms with Gasteiger partial charge in [-0.2, -0.15) is 0 Å². The minimum absolute atomic E-state index is 0.0534. The summed E-state index contributed by atoms with van der Waals surface area (Å²) in [6.45, 7) is 1.90. The highest BCUT2D eigenvalue weighted by atomic mass is 32.2. The summed E-state index contributed by atoms with van der Waals surface area (Å²) in [5.41, 5.74) is 0.855. The monoisotopic (exact) mass is 277 g/mol. The molecule has 1 fully saturated rings. The maximum Gasteiger partial charge on any atom is 0.164 e. The molecule has 1 aliphatic rings. The Labute approximate surface area is 117 Å². The highest BCUT2D eigenvalue weighted by Gasteiger charge is 2.15. The zero-order valence-corrected chi connectivity index (χ0v) is 11.6. The number of hydrogen-bond donors (Lipinski definition) is 0. The summed E-state index contributed by atoms with van der Waals surface area (Å²) in [6.07, 6.45) is 3.51. The van der Waals surface area contributed by atoms with Crippen molar-refractivity contribution in [3.8, 4) is 0 Å². The molecule has 0 radical (unpaired) electrons. The third-order valence-electron chi connectivity index (χ3n) is 2.93. The number of thioether (sulfide) groups is 1. The molecule has 0 amide bonds. The lowest BCUT2D eigenvalue weighted by Crippen LogP contribution is -2.35. The summed E-state index contributed by atoms with van der Waals surface area (Å²) in [7, 11) is 0. The van der Waals surface area contributed by atoms with E-state index >= 15 is 0 Å². The predicted octanol–water partition coefficient (Wildman–Crippen LogP) is 1.64. The van der Waals surface area contributed by atoms with Gasteiger partial charge in [-0.25, -0.2) is 4.99 Å². The molecule has 102 valence electrons. The normalized spacial score (nSPS) is 16.4. The molecule has 1 aliphatic heterocycles. The zero-order valence-electron chi connectivity index (χ0n) is 10.7. The Morgan fingerprint density at radius 1 is 1.21 bits per heavy atom. The molecule has 2 rings (SSSR count). The van der Waals surface area contributed by atoms with E-state index < -0.39 is 5.97 Å². The van der Waals surface area contributed by atoms with E-state index in [9.17, 15) is 9.90 Å². The van der Waals surface area contributed by atoms with Crippen LogP contribution >= 0.6 is 11.8 Å². The number of hydrogen-bond acceptors (Lipinski definition) is 4. The first-order chi connectivity index (χ1) is 9.25. The van der Waals surface area contributed by atoms with Crippen LogP contribution in [0.15, 0.2) is 35.3 Å². The lowest BCUT2D eigenvalue weighted by molar-refractivity contribution is -0.301. The van der Waals surface area contributed by atoms with E-state index in [0.717, 1.165) is 36.8 Å². The fourth-order valence-corrected chi connectivity index (χ4v) is 2.80. The van der Waals surface area contributed by atoms with Crippen LogP contribution in [0, 0.1) is 0 Å². The molecule has 0 atom stereocenters. The molecular formula is C14H17N2O2S-. The topological polar surface area (TPSA) is 55.7 Å². The molecule has 19 heavy (non-hydrogen) atoms. The second kappa shape index (κ2) is 7.19. The standard InChI is InChI=1S/C14H18N2O2S/c17-13(18)11-19-14(16-9-5-2-6-10-16)15-12-7-3-1-4-8-12/h1,3-4,7-8H,2,5-6,9-11H2,(H,17,18)/p-1. The molecule has 0 aromatic heterocycles. The Morgan fingerprint density at radius 3 is 2.53 bits per heavy atom. The minimum Gasteiger partial charge on any atom is -0.549 e. The van der Waals surface area contributed by atoms with Gasteiger partial charge in [0, 0.05) is 18.8 Å². The number of aliphatic imine (C=N–C) groups is 1. The first-order valence-electron chi connectivity index (χ1n) is 6.47. The van der Waals surface area contributed by atoms with E-state index in [1.165, 1.54) is 18.2 Å². The van der Waals surface area contributed by atoms with Crippen molar-refractivity contribution in [1.29, 1.82) is 0 Å². The van der Waals surface area contributed by atoms with Crippen LogP contribution < -0.4 is 5.11 Å². The van der Waals surface area contributed by atoms with Crippen LogP contribution in [0.25, 0.3) is 0 Å². The molecule has 5 heteroatoms. The van der Waals surface area contributed by atoms with Gasteiger partial charge < -0.3 is 14.8 Å². The van der Waals surface area contributed by atoms with Gasteiger partial charge in [-0.05, 0) is 31.4 Å². The number of likely N-dealkylation sites (tertiary alicyclic amines) is 1. The van der Waals surface area contributed by atoms with E-state index in [-0.39, 0.29) is 5.75 Å². The molecule has 0 N–H and O–H groups in total. The number of rotatable bonds is 3. The Balaban J connectivity index is 2.12. The first-order valence-corrected chi connectivity index (χ1v) is 7.45. The number of piperidine rings is 1. The van der Waals surface area contributed by atoms with Crippen LogP contribution in [-0.4, -0.2) is 34.9 Å². The van der Waals surface area contributed by atoms with Crippen LogP contribution in [0.4, 0.5) is 5.69 Å². The van der Waals surface area contributed by atoms with Crippen LogP contribution in [-0.2, 0) is 4.79 Å². The Bertz CT molecular complexity index is 442. The fourth-order valence-electron chi connectivity index (χ4n) is 2.02. The lowest BCUT2D eigenvalue weighted by atomic mass is 10.1. The SMILES string of the molecule is O=C([O-])CSC(=Nc1ccccc1)N1CCCCC1. The van der Waals surface area contributed by atoms with Crippen molar-refractivity contribution in [2.45, 2.75) is 19.3 Å². The highest BCUT2D eigenvalue weighted by molar-refractivity contribution is 8.14. The number of carboxylic acid groups (broad SMARTS) is 1. The number of aliphatic carboxylic acids is 1. The van der Waals surface area contributed by atoms with Gasteiger partial charge in [0.1, 0.15) is 0 Å². The van der Waals surface area contributed by atoms with Crippen LogP contribution in [0.2, 0.25) is 0 Å². The summed E-state index contributed by atoms with van der Waals surface area (Å²) < 4.78 is 0. The number of carbonyl (C=O) groups excluding carboxylic acids is 1. The molecule has 0 spiro atoms. The van der Waals surface area contributed by atoms with Gasteiger partial charge in [-0.3, -0.25) is 0 Å². The lowest BCUT2D eigenvalue weighted by Gasteiger charge is -2.29. The van der Waals surface area contributed by atoms with Crippen molar-refractivity contribution < 1.29 is 9.90 Å². The van der Waals surface area contributed by atoms with E-state index in [4.69, 9.17) is 0 Å². The van der Waals surface area contributed by atoms with E-state index in [0.29, 0.717) is 0 Å². The summed E-state index contributed by atoms with van der Waals surface area (Å²) in [5.74, 6) is -1.11. The van der Waals surface area contributed by atoms with Gasteiger partial charge in [-0.1, -0.05) is 30.0 Å². The molecular weight excluding hydrogens is 260 g/mol. The van der Waals surface area contributed by atoms with Crippen molar-refractivity contribution >= 4 is 28.6 Å². The second-order valence-corrected chi connectivity index (χ2v) is 5.38. The van der Waals surface area contributed by atoms with E-state index in [1.54, 1.807) is 0 Å². The second-order valence-electron chi connectivity index (χ2n) is 4.44. The minimum atomic E-state index is -1.05. The van der Waals surface area contributed by atoms with Gasteiger partial charge in [0.15, 0.2) is 5.17 Å². The van der Waals surface area contributed by atoms with Crippen molar-refractivity contribution in [3.05, 3.63) is 30.3 Å². The molecule has 1 aromatic carbocycles. The number of nitrogens with zero attached hydrogens (tertiary/aromatic N) is 2. The quantitative estimate of drug-likeness (QED) is 0.622. The molecule has 0 bridgehead atoms. The summed E-state index contributed by atoms with van der Waals surface area (Å²) >= 11 is 1.24. The predicted molar refractivity (Wildman–Crippen MR) is 76.4 cm³/mol. The van der Waals surface area contributed by atoms with Gasteiger partial charge in [-0.15, -0.1) is 0 Å². The molecule has 1 saturated heterocycles. The number of benzene rings is 1. The van der Waals surface area contributed by atoms with Gasteiger partial charge >= 0.3 is 0 Å². The first kappa shape index (κ1) is 13.9. The van der Waals surface area contributed by atoms with Crippen LogP contribution in [0.1, 0.15) is 19.3 Å². The highest BCUT2D eigenvalue weighted by Crippen LogP contribution is 2.20. The third-order valence-corrected chi connectivity index (χ3v) is 3.91. The van der Waals surface area contributed by atoms with E-state index in [2.05, 4.69) is 9.89 Å². The molecule has 4 nitrogen and oxygen atoms in total. The average Bonchev–Trinajstić information content (AvgIpc) is 2.45. The molecule has 0 unspecified atom stereocenters. The summed E-state index contributed by atoms with van der Waals surface area (Å²) in [4.78, 5) is 17.4. The summed E-state index contributed by atoms with van der Waals surface area (Å²) in [6, 6.07) is 9.63. The number of para-hydroxylation sites is 1. The molecule has 0 saturated carbocycles. The summed E-state index contributed by atoms with van der Waals surface area (Å²) in [5, 5.41) is 11.4. The van der Waals surface area contributed by atoms with Crippen LogP contribution in [0.3, 0.4) is 0 Å². The third kappa shape index (κ3) is 4.59. The Kier molecular flexibility index (Phi) is 5.27. The maximum atomic E-state index is 10.6. The Morgan fingerprint density at radius 2 is 1.89 bits per heavy atom. The van der Waals surface area contributed by atoms with Gasteiger partial charge in [0.05, 0.1) is 11.7 Å². The molecule has 0 aliphatic carbocycles. The van der Waals surface area contributed by atoms with E-state index in [1.807, 2.05) is 30.3 Å². The van der Waals surface area contributed by atoms with Crippen molar-refractivity contribution in [1.82, 2.24) is 4.90 Å². The van der Waals surface area contributed by atoms with Crippen molar-refractivity contribution in [2.24, 2.45) is 4.99 Å². The molecule has 1 heterocycles. The van der Waals surface area contributed by atoms with Gasteiger partial charge in [0.25, 0.3) is 0 Å². The number of carbonyl (C=O) groups is 1. The van der Waals surface area contributed by atoms with Crippen molar-refractivity contribution in [3.63, 3.8) is 0 Å².